The van der Waals surface area contributed by atoms with Gasteiger partial charge in [-0.3, -0.25) is 0 Å². The summed E-state index contributed by atoms with van der Waals surface area (Å²) in [5.74, 6) is 0. The SMILES string of the molecule is CCNC(C)CCNC1(CC)CCC1. The number of rotatable bonds is 7. The van der Waals surface area contributed by atoms with Crippen LogP contribution in [0.5, 0.6) is 0 Å². The Morgan fingerprint density at radius 1 is 1.29 bits per heavy atom. The van der Waals surface area contributed by atoms with Crippen LogP contribution in [0.1, 0.15) is 52.9 Å². The van der Waals surface area contributed by atoms with Crippen molar-refractivity contribution >= 4 is 0 Å². The smallest absolute Gasteiger partial charge is 0.0178 e. The molecule has 2 heteroatoms. The van der Waals surface area contributed by atoms with E-state index in [1.807, 2.05) is 0 Å². The Hall–Kier alpha value is -0.0800. The lowest BCUT2D eigenvalue weighted by Gasteiger charge is -2.42. The third-order valence-electron chi connectivity index (χ3n) is 3.62. The molecule has 0 aromatic rings. The van der Waals surface area contributed by atoms with Gasteiger partial charge in [-0.25, -0.2) is 0 Å². The molecule has 2 nitrogen and oxygen atoms in total. The lowest BCUT2D eigenvalue weighted by Crippen LogP contribution is -2.51. The van der Waals surface area contributed by atoms with E-state index >= 15 is 0 Å². The van der Waals surface area contributed by atoms with Gasteiger partial charge in [0, 0.05) is 11.6 Å². The molecular formula is C12H26N2. The first-order chi connectivity index (χ1) is 6.72. The monoisotopic (exact) mass is 198 g/mol. The molecule has 0 aliphatic heterocycles. The summed E-state index contributed by atoms with van der Waals surface area (Å²) in [6, 6.07) is 0.654. The average Bonchev–Trinajstić information content (AvgIpc) is 2.10. The molecule has 0 amide bonds. The Morgan fingerprint density at radius 3 is 2.43 bits per heavy atom. The molecule has 0 aromatic heterocycles. The van der Waals surface area contributed by atoms with Crippen LogP contribution in [0.4, 0.5) is 0 Å². The van der Waals surface area contributed by atoms with Gasteiger partial charge in [0.15, 0.2) is 0 Å². The minimum absolute atomic E-state index is 0.520. The highest BCUT2D eigenvalue weighted by Crippen LogP contribution is 2.34. The van der Waals surface area contributed by atoms with E-state index in [1.54, 1.807) is 0 Å². The van der Waals surface area contributed by atoms with Crippen LogP contribution in [0.25, 0.3) is 0 Å². The van der Waals surface area contributed by atoms with E-state index in [-0.39, 0.29) is 0 Å². The minimum atomic E-state index is 0.520. The number of hydrogen-bond donors (Lipinski definition) is 2. The summed E-state index contributed by atoms with van der Waals surface area (Å²) in [5.41, 5.74) is 0.520. The van der Waals surface area contributed by atoms with Gasteiger partial charge in [0.2, 0.25) is 0 Å². The second-order valence-corrected chi connectivity index (χ2v) is 4.66. The maximum atomic E-state index is 3.73. The Bertz CT molecular complexity index is 147. The fourth-order valence-electron chi connectivity index (χ4n) is 2.26. The summed E-state index contributed by atoms with van der Waals surface area (Å²) in [5, 5.41) is 7.18. The maximum Gasteiger partial charge on any atom is 0.0178 e. The fraction of sp³-hybridized carbons (Fsp3) is 1.00. The quantitative estimate of drug-likeness (QED) is 0.656. The van der Waals surface area contributed by atoms with E-state index in [0.29, 0.717) is 11.6 Å². The third kappa shape index (κ3) is 3.25. The zero-order valence-electron chi connectivity index (χ0n) is 10.0. The van der Waals surface area contributed by atoms with Crippen LogP contribution in [-0.4, -0.2) is 24.7 Å². The van der Waals surface area contributed by atoms with E-state index in [2.05, 4.69) is 31.4 Å². The molecule has 0 spiro atoms. The van der Waals surface area contributed by atoms with Gasteiger partial charge in [0.05, 0.1) is 0 Å². The molecule has 2 N–H and O–H groups in total. The summed E-state index contributed by atoms with van der Waals surface area (Å²) in [6.45, 7) is 9.00. The maximum absolute atomic E-state index is 3.73. The van der Waals surface area contributed by atoms with Crippen molar-refractivity contribution in [3.05, 3.63) is 0 Å². The van der Waals surface area contributed by atoms with Crippen molar-refractivity contribution in [2.24, 2.45) is 0 Å². The van der Waals surface area contributed by atoms with Gasteiger partial charge in [-0.15, -0.1) is 0 Å². The molecular weight excluding hydrogens is 172 g/mol. The normalized spacial score (nSPS) is 21.6. The predicted molar refractivity (Wildman–Crippen MR) is 62.6 cm³/mol. The van der Waals surface area contributed by atoms with Crippen LogP contribution in [-0.2, 0) is 0 Å². The van der Waals surface area contributed by atoms with Gasteiger partial charge < -0.3 is 10.6 Å². The molecule has 1 fully saturated rings. The molecule has 1 unspecified atom stereocenters. The topological polar surface area (TPSA) is 24.1 Å². The molecule has 0 saturated heterocycles. The minimum Gasteiger partial charge on any atom is -0.314 e. The van der Waals surface area contributed by atoms with E-state index in [9.17, 15) is 0 Å². The fourth-order valence-corrected chi connectivity index (χ4v) is 2.26. The zero-order chi connectivity index (χ0) is 10.4. The average molecular weight is 198 g/mol. The second kappa shape index (κ2) is 5.72. The van der Waals surface area contributed by atoms with E-state index in [1.165, 1.54) is 38.6 Å². The van der Waals surface area contributed by atoms with Crippen molar-refractivity contribution < 1.29 is 0 Å². The molecule has 1 aliphatic carbocycles. The van der Waals surface area contributed by atoms with Crippen molar-refractivity contribution in [3.8, 4) is 0 Å². The molecule has 0 bridgehead atoms. The highest BCUT2D eigenvalue weighted by Gasteiger charge is 2.33. The molecule has 14 heavy (non-hydrogen) atoms. The Labute approximate surface area is 88.8 Å². The molecule has 1 atom stereocenters. The summed E-state index contributed by atoms with van der Waals surface area (Å²) < 4.78 is 0. The van der Waals surface area contributed by atoms with Gasteiger partial charge in [-0.05, 0) is 52.1 Å². The Morgan fingerprint density at radius 2 is 2.00 bits per heavy atom. The van der Waals surface area contributed by atoms with E-state index in [0.717, 1.165) is 6.54 Å². The Kier molecular flexibility index (Phi) is 4.90. The van der Waals surface area contributed by atoms with Crippen LogP contribution < -0.4 is 10.6 Å². The summed E-state index contributed by atoms with van der Waals surface area (Å²) in [7, 11) is 0. The first kappa shape index (κ1) is 12.0. The molecule has 1 saturated carbocycles. The lowest BCUT2D eigenvalue weighted by atomic mass is 9.75. The zero-order valence-corrected chi connectivity index (χ0v) is 10.0. The first-order valence-corrected chi connectivity index (χ1v) is 6.21. The van der Waals surface area contributed by atoms with Crippen molar-refractivity contribution in [1.29, 1.82) is 0 Å². The highest BCUT2D eigenvalue weighted by molar-refractivity contribution is 4.94. The van der Waals surface area contributed by atoms with Crippen molar-refractivity contribution in [3.63, 3.8) is 0 Å². The molecule has 0 aromatic carbocycles. The van der Waals surface area contributed by atoms with Crippen LogP contribution >= 0.6 is 0 Å². The van der Waals surface area contributed by atoms with Crippen LogP contribution in [0.15, 0.2) is 0 Å². The van der Waals surface area contributed by atoms with Crippen molar-refractivity contribution in [2.45, 2.75) is 64.5 Å². The van der Waals surface area contributed by atoms with Crippen molar-refractivity contribution in [2.75, 3.05) is 13.1 Å². The Balaban J connectivity index is 2.08. The molecule has 1 rings (SSSR count). The summed E-state index contributed by atoms with van der Waals surface area (Å²) in [6.07, 6.45) is 6.74. The first-order valence-electron chi connectivity index (χ1n) is 6.21. The lowest BCUT2D eigenvalue weighted by molar-refractivity contribution is 0.176. The highest BCUT2D eigenvalue weighted by atomic mass is 15.0. The van der Waals surface area contributed by atoms with Crippen molar-refractivity contribution in [1.82, 2.24) is 10.6 Å². The molecule has 0 heterocycles. The largest absolute Gasteiger partial charge is 0.314 e. The summed E-state index contributed by atoms with van der Waals surface area (Å²) >= 11 is 0. The van der Waals surface area contributed by atoms with Gasteiger partial charge in [0.1, 0.15) is 0 Å². The number of hydrogen-bond acceptors (Lipinski definition) is 2. The van der Waals surface area contributed by atoms with Crippen LogP contribution in [0.2, 0.25) is 0 Å². The standard InChI is InChI=1S/C12H26N2/c1-4-12(8-6-9-12)14-10-7-11(3)13-5-2/h11,13-14H,4-10H2,1-3H3. The van der Waals surface area contributed by atoms with Crippen LogP contribution in [0, 0.1) is 0 Å². The second-order valence-electron chi connectivity index (χ2n) is 4.66. The van der Waals surface area contributed by atoms with E-state index < -0.39 is 0 Å². The molecule has 1 aliphatic rings. The third-order valence-corrected chi connectivity index (χ3v) is 3.62. The van der Waals surface area contributed by atoms with E-state index in [4.69, 9.17) is 0 Å². The van der Waals surface area contributed by atoms with Crippen LogP contribution in [0.3, 0.4) is 0 Å². The van der Waals surface area contributed by atoms with Gasteiger partial charge in [0.25, 0.3) is 0 Å². The predicted octanol–water partition coefficient (Wildman–Crippen LogP) is 2.30. The van der Waals surface area contributed by atoms with Gasteiger partial charge in [-0.1, -0.05) is 13.8 Å². The molecule has 0 radical (unpaired) electrons. The number of nitrogens with one attached hydrogen (secondary N) is 2. The van der Waals surface area contributed by atoms with Gasteiger partial charge in [-0.2, -0.15) is 0 Å². The molecule has 84 valence electrons. The van der Waals surface area contributed by atoms with Gasteiger partial charge >= 0.3 is 0 Å². The summed E-state index contributed by atoms with van der Waals surface area (Å²) in [4.78, 5) is 0.